The van der Waals surface area contributed by atoms with Crippen LogP contribution in [0.4, 0.5) is 0 Å². The molecule has 0 unspecified atom stereocenters. The van der Waals surface area contributed by atoms with Gasteiger partial charge in [0.05, 0.1) is 18.6 Å². The SMILES string of the molecule is Cc1cc(O)c2c3c1C[C@@H]1[C@@H]4CC[C@H](N(C)C(=O)/C=C/c5ccoc5)[C@H](O2)[C@]34CCN1CC1CC1. The van der Waals surface area contributed by atoms with Crippen molar-refractivity contribution in [3.63, 3.8) is 0 Å². The molecule has 1 saturated heterocycles. The first-order chi connectivity index (χ1) is 17.0. The molecule has 6 nitrogen and oxygen atoms in total. The largest absolute Gasteiger partial charge is 0.504 e. The van der Waals surface area contributed by atoms with Gasteiger partial charge in [-0.05, 0) is 93.2 Å². The highest BCUT2D eigenvalue weighted by Gasteiger charge is 2.66. The number of aryl methyl sites for hydroxylation is 1. The van der Waals surface area contributed by atoms with Crippen molar-refractivity contribution in [2.24, 2.45) is 11.8 Å². The minimum atomic E-state index is -0.122. The number of likely N-dealkylation sites (N-methyl/N-ethyl adjacent to an activating group) is 1. The van der Waals surface area contributed by atoms with Gasteiger partial charge < -0.3 is 19.2 Å². The number of furan rings is 1. The summed E-state index contributed by atoms with van der Waals surface area (Å²) in [5.41, 5.74) is 4.59. The summed E-state index contributed by atoms with van der Waals surface area (Å²) >= 11 is 0. The number of carbonyl (C=O) groups is 1. The zero-order valence-corrected chi connectivity index (χ0v) is 20.6. The van der Waals surface area contributed by atoms with Crippen LogP contribution in [0.15, 0.2) is 35.2 Å². The Bertz CT molecular complexity index is 1200. The second kappa shape index (κ2) is 7.63. The highest BCUT2D eigenvalue weighted by molar-refractivity contribution is 5.91. The number of ether oxygens (including phenoxy) is 1. The Morgan fingerprint density at radius 3 is 2.94 bits per heavy atom. The van der Waals surface area contributed by atoms with Gasteiger partial charge in [-0.1, -0.05) is 0 Å². The normalized spacial score (nSPS) is 33.0. The molecular weight excluding hydrogens is 440 g/mol. The fourth-order valence-corrected chi connectivity index (χ4v) is 7.94. The first kappa shape index (κ1) is 21.5. The average Bonchev–Trinajstić information content (AvgIpc) is 3.37. The van der Waals surface area contributed by atoms with Crippen LogP contribution in [0, 0.1) is 18.8 Å². The summed E-state index contributed by atoms with van der Waals surface area (Å²) in [4.78, 5) is 17.9. The second-order valence-electron chi connectivity index (χ2n) is 11.5. The molecule has 1 N–H and O–H groups in total. The average molecular weight is 475 g/mol. The van der Waals surface area contributed by atoms with Crippen LogP contribution in [-0.4, -0.2) is 59.1 Å². The van der Waals surface area contributed by atoms with Gasteiger partial charge in [-0.3, -0.25) is 9.69 Å². The van der Waals surface area contributed by atoms with Crippen molar-refractivity contribution in [3.8, 4) is 11.5 Å². The molecule has 5 aliphatic rings. The molecule has 1 amide bonds. The van der Waals surface area contributed by atoms with Crippen LogP contribution in [-0.2, 0) is 16.6 Å². The molecule has 1 aromatic carbocycles. The predicted molar refractivity (Wildman–Crippen MR) is 132 cm³/mol. The fraction of sp³-hybridized carbons (Fsp3) is 0.552. The van der Waals surface area contributed by atoms with Gasteiger partial charge in [0.2, 0.25) is 5.91 Å². The number of carbonyl (C=O) groups excluding carboxylic acids is 1. The van der Waals surface area contributed by atoms with Crippen LogP contribution >= 0.6 is 0 Å². The molecule has 1 aromatic heterocycles. The van der Waals surface area contributed by atoms with Gasteiger partial charge >= 0.3 is 0 Å². The van der Waals surface area contributed by atoms with Gasteiger partial charge in [-0.15, -0.1) is 0 Å². The number of likely N-dealkylation sites (tertiary alicyclic amines) is 1. The molecule has 7 rings (SSSR count). The van der Waals surface area contributed by atoms with Gasteiger partial charge in [0.25, 0.3) is 0 Å². The summed E-state index contributed by atoms with van der Waals surface area (Å²) in [6, 6.07) is 4.23. The lowest BCUT2D eigenvalue weighted by molar-refractivity contribution is -0.135. The number of benzene rings is 1. The van der Waals surface area contributed by atoms with E-state index in [0.29, 0.717) is 17.7 Å². The Balaban J connectivity index is 1.27. The van der Waals surface area contributed by atoms with E-state index in [9.17, 15) is 9.90 Å². The fourth-order valence-electron chi connectivity index (χ4n) is 7.94. The summed E-state index contributed by atoms with van der Waals surface area (Å²) in [6.45, 7) is 4.44. The maximum atomic E-state index is 13.2. The molecule has 5 atom stereocenters. The number of phenolic OH excluding ortho intramolecular Hbond substituents is 1. The van der Waals surface area contributed by atoms with Crippen molar-refractivity contribution >= 4 is 12.0 Å². The first-order valence-corrected chi connectivity index (χ1v) is 13.2. The van der Waals surface area contributed by atoms with Gasteiger partial charge in [0.1, 0.15) is 6.10 Å². The maximum absolute atomic E-state index is 13.2. The van der Waals surface area contributed by atoms with Crippen LogP contribution in [0.1, 0.15) is 54.4 Å². The molecule has 3 aliphatic carbocycles. The van der Waals surface area contributed by atoms with Crippen molar-refractivity contribution in [1.82, 2.24) is 9.80 Å². The Morgan fingerprint density at radius 2 is 2.17 bits per heavy atom. The van der Waals surface area contributed by atoms with Crippen LogP contribution in [0.5, 0.6) is 11.5 Å². The molecule has 35 heavy (non-hydrogen) atoms. The third kappa shape index (κ3) is 3.08. The summed E-state index contributed by atoms with van der Waals surface area (Å²) < 4.78 is 11.8. The monoisotopic (exact) mass is 474 g/mol. The molecule has 0 radical (unpaired) electrons. The number of aromatic hydroxyl groups is 1. The van der Waals surface area contributed by atoms with E-state index in [2.05, 4.69) is 11.8 Å². The molecule has 6 heteroatoms. The number of amides is 1. The Morgan fingerprint density at radius 1 is 1.31 bits per heavy atom. The highest BCUT2D eigenvalue weighted by atomic mass is 16.5. The van der Waals surface area contributed by atoms with E-state index in [4.69, 9.17) is 9.15 Å². The van der Waals surface area contributed by atoms with E-state index in [0.717, 1.165) is 43.7 Å². The van der Waals surface area contributed by atoms with E-state index < -0.39 is 0 Å². The standard InChI is InChI=1S/C29H34N2O4/c1-17-13-24(32)27-26-20(17)14-23-21-6-7-22(30(2)25(33)8-5-19-9-12-34-16-19)28(35-27)29(21,26)10-11-31(23)15-18-3-4-18/h5,8-9,12-13,16,18,21-23,28,32H,3-4,6-7,10-11,14-15H2,1-2H3/b8-5+/t21-,22-,23+,28-,29-/m0/s1. The summed E-state index contributed by atoms with van der Waals surface area (Å²) in [5, 5.41) is 11.0. The molecular formula is C29H34N2O4. The molecule has 2 bridgehead atoms. The predicted octanol–water partition coefficient (Wildman–Crippen LogP) is 4.28. The van der Waals surface area contributed by atoms with Crippen LogP contribution in [0.25, 0.3) is 6.08 Å². The van der Waals surface area contributed by atoms with E-state index >= 15 is 0 Å². The Hall–Kier alpha value is -2.73. The Kier molecular flexibility index (Phi) is 4.70. The van der Waals surface area contributed by atoms with Crippen molar-refractivity contribution in [2.75, 3.05) is 20.1 Å². The molecule has 2 saturated carbocycles. The highest BCUT2D eigenvalue weighted by Crippen LogP contribution is 2.64. The van der Waals surface area contributed by atoms with Crippen LogP contribution in [0.3, 0.4) is 0 Å². The van der Waals surface area contributed by atoms with Crippen LogP contribution < -0.4 is 4.74 Å². The summed E-state index contributed by atoms with van der Waals surface area (Å²) in [6.07, 6.45) is 13.4. The van der Waals surface area contributed by atoms with Crippen LogP contribution in [0.2, 0.25) is 0 Å². The molecule has 2 aromatic rings. The number of rotatable bonds is 5. The molecule has 1 spiro atoms. The summed E-state index contributed by atoms with van der Waals surface area (Å²) in [7, 11) is 1.91. The van der Waals surface area contributed by atoms with Crippen molar-refractivity contribution in [3.05, 3.63) is 53.0 Å². The lowest BCUT2D eigenvalue weighted by Gasteiger charge is -2.60. The first-order valence-electron chi connectivity index (χ1n) is 13.2. The van der Waals surface area contributed by atoms with E-state index in [1.807, 2.05) is 24.1 Å². The minimum absolute atomic E-state index is 0.0234. The van der Waals surface area contributed by atoms with E-state index in [1.165, 1.54) is 36.1 Å². The second-order valence-corrected chi connectivity index (χ2v) is 11.5. The number of hydrogen-bond donors (Lipinski definition) is 1. The third-order valence-electron chi connectivity index (χ3n) is 9.75. The zero-order valence-electron chi connectivity index (χ0n) is 20.6. The number of piperidine rings is 1. The van der Waals surface area contributed by atoms with Gasteiger partial charge in [-0.25, -0.2) is 0 Å². The molecule has 2 aliphatic heterocycles. The van der Waals surface area contributed by atoms with Gasteiger partial charge in [-0.2, -0.15) is 0 Å². The number of phenols is 1. The quantitative estimate of drug-likeness (QED) is 0.655. The van der Waals surface area contributed by atoms with Gasteiger partial charge in [0.15, 0.2) is 11.5 Å². The number of hydrogen-bond acceptors (Lipinski definition) is 5. The third-order valence-corrected chi connectivity index (χ3v) is 9.75. The maximum Gasteiger partial charge on any atom is 0.246 e. The lowest BCUT2D eigenvalue weighted by Crippen LogP contribution is -2.69. The molecule has 184 valence electrons. The smallest absolute Gasteiger partial charge is 0.246 e. The van der Waals surface area contributed by atoms with Crippen molar-refractivity contribution < 1.29 is 19.1 Å². The topological polar surface area (TPSA) is 66.1 Å². The minimum Gasteiger partial charge on any atom is -0.504 e. The van der Waals surface area contributed by atoms with Crippen molar-refractivity contribution in [2.45, 2.75) is 69.1 Å². The zero-order chi connectivity index (χ0) is 23.9. The van der Waals surface area contributed by atoms with E-state index in [-0.39, 0.29) is 29.2 Å². The number of nitrogens with zero attached hydrogens (tertiary/aromatic N) is 2. The van der Waals surface area contributed by atoms with Crippen molar-refractivity contribution in [1.29, 1.82) is 0 Å². The Labute approximate surface area is 206 Å². The van der Waals surface area contributed by atoms with Gasteiger partial charge in [0, 0.05) is 42.3 Å². The molecule has 3 fully saturated rings. The molecule has 3 heterocycles. The van der Waals surface area contributed by atoms with E-state index in [1.54, 1.807) is 24.7 Å². The lowest BCUT2D eigenvalue weighted by atomic mass is 9.50. The summed E-state index contributed by atoms with van der Waals surface area (Å²) in [5.74, 6) is 2.31.